The number of hydrogen-bond acceptors (Lipinski definition) is 6. The number of carbonyl (C=O) groups is 1. The predicted molar refractivity (Wildman–Crippen MR) is 85.5 cm³/mol. The maximum absolute atomic E-state index is 11.6. The van der Waals surface area contributed by atoms with Crippen molar-refractivity contribution in [3.63, 3.8) is 0 Å². The molecule has 6 nitrogen and oxygen atoms in total. The summed E-state index contributed by atoms with van der Waals surface area (Å²) in [5.41, 5.74) is 1.27. The molecule has 0 atom stereocenters. The number of nitrogens with one attached hydrogen (secondary N) is 1. The molecule has 1 aliphatic rings. The van der Waals surface area contributed by atoms with Crippen LogP contribution in [-0.4, -0.2) is 30.8 Å². The van der Waals surface area contributed by atoms with E-state index in [0.717, 1.165) is 23.6 Å². The molecule has 0 saturated heterocycles. The molecule has 0 aliphatic carbocycles. The third-order valence-electron chi connectivity index (χ3n) is 3.29. The third kappa shape index (κ3) is 3.71. The number of ether oxygens (including phenoxy) is 3. The molecule has 1 aromatic heterocycles. The van der Waals surface area contributed by atoms with Gasteiger partial charge in [-0.3, -0.25) is 0 Å². The number of fused-ring (bicyclic) bond motifs is 1. The monoisotopic (exact) mass is 314 g/mol. The number of carbonyl (C=O) groups excluding carboxylic acids is 1. The van der Waals surface area contributed by atoms with Crippen LogP contribution in [0, 0.1) is 0 Å². The van der Waals surface area contributed by atoms with E-state index in [9.17, 15) is 4.79 Å². The Labute approximate surface area is 134 Å². The maximum Gasteiger partial charge on any atom is 0.339 e. The highest BCUT2D eigenvalue weighted by Gasteiger charge is 2.11. The molecule has 3 rings (SSSR count). The summed E-state index contributed by atoms with van der Waals surface area (Å²) in [4.78, 5) is 15.8. The van der Waals surface area contributed by atoms with Gasteiger partial charge in [-0.05, 0) is 31.2 Å². The van der Waals surface area contributed by atoms with Crippen molar-refractivity contribution in [2.24, 2.45) is 0 Å². The molecule has 0 saturated carbocycles. The van der Waals surface area contributed by atoms with Crippen molar-refractivity contribution < 1.29 is 19.0 Å². The fourth-order valence-corrected chi connectivity index (χ4v) is 2.19. The Bertz CT molecular complexity index is 685. The molecule has 1 aromatic carbocycles. The molecule has 0 bridgehead atoms. The minimum atomic E-state index is -0.373. The van der Waals surface area contributed by atoms with Crippen molar-refractivity contribution in [2.45, 2.75) is 13.3 Å². The van der Waals surface area contributed by atoms with E-state index >= 15 is 0 Å². The van der Waals surface area contributed by atoms with E-state index in [2.05, 4.69) is 10.3 Å². The summed E-state index contributed by atoms with van der Waals surface area (Å²) < 4.78 is 16.2. The normalized spacial score (nSPS) is 13.1. The SMILES string of the molecule is CCOC(=O)c1ccc(Nc2ccc3c(c2)OCCCO3)nc1. The number of benzene rings is 1. The topological polar surface area (TPSA) is 69.7 Å². The van der Waals surface area contributed by atoms with E-state index in [1.165, 1.54) is 6.20 Å². The van der Waals surface area contributed by atoms with Gasteiger partial charge < -0.3 is 19.5 Å². The summed E-state index contributed by atoms with van der Waals surface area (Å²) in [5.74, 6) is 1.73. The van der Waals surface area contributed by atoms with Crippen LogP contribution in [0.25, 0.3) is 0 Å². The van der Waals surface area contributed by atoms with Crippen LogP contribution in [0.4, 0.5) is 11.5 Å². The molecule has 6 heteroatoms. The Hall–Kier alpha value is -2.76. The van der Waals surface area contributed by atoms with Gasteiger partial charge in [0.2, 0.25) is 0 Å². The molecule has 2 heterocycles. The molecule has 120 valence electrons. The van der Waals surface area contributed by atoms with Crippen molar-refractivity contribution in [1.82, 2.24) is 4.98 Å². The summed E-state index contributed by atoms with van der Waals surface area (Å²) >= 11 is 0. The molecule has 0 radical (unpaired) electrons. The molecule has 23 heavy (non-hydrogen) atoms. The second kappa shape index (κ2) is 7.00. The summed E-state index contributed by atoms with van der Waals surface area (Å²) in [6.45, 7) is 3.42. The van der Waals surface area contributed by atoms with Crippen molar-refractivity contribution >= 4 is 17.5 Å². The summed E-state index contributed by atoms with van der Waals surface area (Å²) in [6, 6.07) is 9.05. The van der Waals surface area contributed by atoms with Crippen molar-refractivity contribution in [1.29, 1.82) is 0 Å². The van der Waals surface area contributed by atoms with Crippen molar-refractivity contribution in [3.8, 4) is 11.5 Å². The van der Waals surface area contributed by atoms with Gasteiger partial charge in [-0.15, -0.1) is 0 Å². The minimum absolute atomic E-state index is 0.343. The molecule has 0 unspecified atom stereocenters. The largest absolute Gasteiger partial charge is 0.490 e. The summed E-state index contributed by atoms with van der Waals surface area (Å²) in [7, 11) is 0. The minimum Gasteiger partial charge on any atom is -0.490 e. The van der Waals surface area contributed by atoms with Gasteiger partial charge in [-0.1, -0.05) is 0 Å². The highest BCUT2D eigenvalue weighted by atomic mass is 16.5. The fourth-order valence-electron chi connectivity index (χ4n) is 2.19. The lowest BCUT2D eigenvalue weighted by Gasteiger charge is -2.11. The van der Waals surface area contributed by atoms with Gasteiger partial charge in [-0.2, -0.15) is 0 Å². The zero-order valence-corrected chi connectivity index (χ0v) is 12.9. The van der Waals surface area contributed by atoms with Crippen LogP contribution in [0.2, 0.25) is 0 Å². The van der Waals surface area contributed by atoms with Crippen LogP contribution in [0.1, 0.15) is 23.7 Å². The van der Waals surface area contributed by atoms with Gasteiger partial charge in [0.25, 0.3) is 0 Å². The van der Waals surface area contributed by atoms with Gasteiger partial charge in [-0.25, -0.2) is 9.78 Å². The molecule has 1 aliphatic heterocycles. The maximum atomic E-state index is 11.6. The van der Waals surface area contributed by atoms with Crippen LogP contribution >= 0.6 is 0 Å². The van der Waals surface area contributed by atoms with E-state index in [0.29, 0.717) is 31.2 Å². The van der Waals surface area contributed by atoms with E-state index < -0.39 is 0 Å². The van der Waals surface area contributed by atoms with Gasteiger partial charge in [0.1, 0.15) is 5.82 Å². The number of rotatable bonds is 4. The highest BCUT2D eigenvalue weighted by molar-refractivity contribution is 5.89. The zero-order valence-electron chi connectivity index (χ0n) is 12.9. The average Bonchev–Trinajstić information content (AvgIpc) is 2.80. The molecule has 0 amide bonds. The number of esters is 1. The first kappa shape index (κ1) is 15.1. The van der Waals surface area contributed by atoms with Crippen molar-refractivity contribution in [3.05, 3.63) is 42.1 Å². The van der Waals surface area contributed by atoms with Crippen LogP contribution in [0.5, 0.6) is 11.5 Å². The lowest BCUT2D eigenvalue weighted by atomic mass is 10.2. The Morgan fingerprint density at radius 1 is 1.22 bits per heavy atom. The molecule has 2 aromatic rings. The highest BCUT2D eigenvalue weighted by Crippen LogP contribution is 2.33. The average molecular weight is 314 g/mol. The van der Waals surface area contributed by atoms with Gasteiger partial charge >= 0.3 is 5.97 Å². The quantitative estimate of drug-likeness (QED) is 0.874. The lowest BCUT2D eigenvalue weighted by Crippen LogP contribution is -2.05. The second-order valence-corrected chi connectivity index (χ2v) is 4.99. The Morgan fingerprint density at radius 2 is 2.04 bits per heavy atom. The number of aromatic nitrogens is 1. The molecular weight excluding hydrogens is 296 g/mol. The van der Waals surface area contributed by atoms with Gasteiger partial charge in [0.05, 0.1) is 25.4 Å². The van der Waals surface area contributed by atoms with E-state index in [1.807, 2.05) is 18.2 Å². The first-order chi connectivity index (χ1) is 11.3. The first-order valence-corrected chi connectivity index (χ1v) is 7.56. The first-order valence-electron chi connectivity index (χ1n) is 7.56. The summed E-state index contributed by atoms with van der Waals surface area (Å²) in [6.07, 6.45) is 2.36. The lowest BCUT2D eigenvalue weighted by molar-refractivity contribution is 0.0526. The Morgan fingerprint density at radius 3 is 2.78 bits per heavy atom. The van der Waals surface area contributed by atoms with E-state index in [4.69, 9.17) is 14.2 Å². The number of anilines is 2. The zero-order chi connectivity index (χ0) is 16.1. The van der Waals surface area contributed by atoms with E-state index in [-0.39, 0.29) is 5.97 Å². The van der Waals surface area contributed by atoms with Crippen LogP contribution in [0.3, 0.4) is 0 Å². The number of pyridine rings is 1. The molecule has 0 spiro atoms. The van der Waals surface area contributed by atoms with Crippen LogP contribution < -0.4 is 14.8 Å². The summed E-state index contributed by atoms with van der Waals surface area (Å²) in [5, 5.41) is 3.17. The Balaban J connectivity index is 1.72. The van der Waals surface area contributed by atoms with Crippen LogP contribution in [0.15, 0.2) is 36.5 Å². The van der Waals surface area contributed by atoms with Gasteiger partial charge in [0, 0.05) is 24.4 Å². The number of nitrogens with zero attached hydrogens (tertiary/aromatic N) is 1. The van der Waals surface area contributed by atoms with Crippen molar-refractivity contribution in [2.75, 3.05) is 25.1 Å². The second-order valence-electron chi connectivity index (χ2n) is 4.99. The molecule has 0 fully saturated rings. The molecular formula is C17H18N2O4. The standard InChI is InChI=1S/C17H18N2O4/c1-2-21-17(20)12-4-7-16(18-11-12)19-13-5-6-14-15(10-13)23-9-3-8-22-14/h4-7,10-11H,2-3,8-9H2,1H3,(H,18,19). The predicted octanol–water partition coefficient (Wildman–Crippen LogP) is 3.16. The Kier molecular flexibility index (Phi) is 4.61. The van der Waals surface area contributed by atoms with Crippen LogP contribution in [-0.2, 0) is 4.74 Å². The fraction of sp³-hybridized carbons (Fsp3) is 0.294. The van der Waals surface area contributed by atoms with Gasteiger partial charge in [0.15, 0.2) is 11.5 Å². The number of hydrogen-bond donors (Lipinski definition) is 1. The van der Waals surface area contributed by atoms with E-state index in [1.54, 1.807) is 19.1 Å². The smallest absolute Gasteiger partial charge is 0.339 e. The molecule has 1 N–H and O–H groups in total. The third-order valence-corrected chi connectivity index (χ3v) is 3.29.